The number of aromatic nitrogens is 2. The second-order valence-electron chi connectivity index (χ2n) is 4.82. The van der Waals surface area contributed by atoms with Crippen LogP contribution < -0.4 is 14.4 Å². The zero-order valence-electron chi connectivity index (χ0n) is 12.4. The fourth-order valence-corrected chi connectivity index (χ4v) is 2.59. The Morgan fingerprint density at radius 2 is 1.76 bits per heavy atom. The van der Waals surface area contributed by atoms with E-state index in [1.807, 2.05) is 12.1 Å². The summed E-state index contributed by atoms with van der Waals surface area (Å²) in [4.78, 5) is 2.28. The number of anilines is 1. The molecule has 1 radical (unpaired) electrons. The number of benzene rings is 1. The van der Waals surface area contributed by atoms with Crippen molar-refractivity contribution in [2.24, 2.45) is 0 Å². The Morgan fingerprint density at radius 3 is 2.43 bits per heavy atom. The van der Waals surface area contributed by atoms with E-state index < -0.39 is 0 Å². The third-order valence-corrected chi connectivity index (χ3v) is 3.65. The maximum Gasteiger partial charge on any atom is 0.161 e. The first-order valence-corrected chi connectivity index (χ1v) is 6.77. The number of methoxy groups -OCH3 is 2. The van der Waals surface area contributed by atoms with Crippen LogP contribution >= 0.6 is 0 Å². The van der Waals surface area contributed by atoms with E-state index in [0.29, 0.717) is 5.75 Å². The Bertz CT molecular complexity index is 615. The standard InChI is InChI=1S/C15H18N3O2.Y/c1-19-13-8-11-10-16-17-15(12(11)9-14(13)20-2)18-6-4-3-5-7-18;/h3,8-10H,4-7H2,1-2H3;/q-1;. The van der Waals surface area contributed by atoms with E-state index in [-0.39, 0.29) is 32.7 Å². The van der Waals surface area contributed by atoms with Crippen LogP contribution in [0.1, 0.15) is 12.8 Å². The molecular weight excluding hydrogens is 343 g/mol. The van der Waals surface area contributed by atoms with Gasteiger partial charge in [0.25, 0.3) is 0 Å². The summed E-state index contributed by atoms with van der Waals surface area (Å²) in [5.74, 6) is 2.36. The summed E-state index contributed by atoms with van der Waals surface area (Å²) in [6.07, 6.45) is 6.26. The number of hydrogen-bond donors (Lipinski definition) is 0. The monoisotopic (exact) mass is 361 g/mol. The van der Waals surface area contributed by atoms with Gasteiger partial charge >= 0.3 is 0 Å². The molecule has 2 aromatic rings. The van der Waals surface area contributed by atoms with Crippen molar-refractivity contribution >= 4 is 16.6 Å². The summed E-state index contributed by atoms with van der Waals surface area (Å²) >= 11 is 0. The molecule has 0 unspecified atom stereocenters. The van der Waals surface area contributed by atoms with Gasteiger partial charge in [-0.2, -0.15) is 17.9 Å². The van der Waals surface area contributed by atoms with Crippen LogP contribution in [-0.2, 0) is 32.7 Å². The van der Waals surface area contributed by atoms with E-state index in [4.69, 9.17) is 9.47 Å². The summed E-state index contributed by atoms with van der Waals surface area (Å²) in [6.45, 7) is 1.98. The Labute approximate surface area is 149 Å². The van der Waals surface area contributed by atoms with Crippen LogP contribution in [0, 0.1) is 6.42 Å². The van der Waals surface area contributed by atoms with E-state index in [9.17, 15) is 0 Å². The van der Waals surface area contributed by atoms with Crippen LogP contribution in [-0.4, -0.2) is 37.5 Å². The van der Waals surface area contributed by atoms with Crippen molar-refractivity contribution in [3.05, 3.63) is 24.8 Å². The smallest absolute Gasteiger partial charge is 0.161 e. The fraction of sp³-hybridized carbons (Fsp3) is 0.400. The summed E-state index contributed by atoms with van der Waals surface area (Å²) in [6, 6.07) is 3.93. The predicted molar refractivity (Wildman–Crippen MR) is 78.4 cm³/mol. The van der Waals surface area contributed by atoms with Crippen molar-refractivity contribution < 1.29 is 42.2 Å². The molecule has 0 bridgehead atoms. The molecular formula is C15H18N3O2Y-. The van der Waals surface area contributed by atoms with Gasteiger partial charge in [-0.15, -0.1) is 5.10 Å². The van der Waals surface area contributed by atoms with Gasteiger partial charge in [-0.05, 0) is 25.2 Å². The molecule has 0 saturated carbocycles. The van der Waals surface area contributed by atoms with Gasteiger partial charge in [-0.3, -0.25) is 0 Å². The molecule has 0 spiro atoms. The van der Waals surface area contributed by atoms with Crippen LogP contribution in [0.3, 0.4) is 0 Å². The van der Waals surface area contributed by atoms with Crippen molar-refractivity contribution in [1.29, 1.82) is 0 Å². The molecule has 0 aliphatic carbocycles. The first-order valence-electron chi connectivity index (χ1n) is 6.77. The van der Waals surface area contributed by atoms with Crippen LogP contribution in [0.15, 0.2) is 18.3 Å². The minimum Gasteiger partial charge on any atom is -0.493 e. The minimum absolute atomic E-state index is 0. The zero-order valence-corrected chi connectivity index (χ0v) is 15.2. The Morgan fingerprint density at radius 1 is 1.10 bits per heavy atom. The summed E-state index contributed by atoms with van der Waals surface area (Å²) in [5, 5.41) is 10.5. The molecule has 109 valence electrons. The third kappa shape index (κ3) is 3.29. The number of piperidine rings is 1. The Hall–Kier alpha value is -0.936. The van der Waals surface area contributed by atoms with E-state index >= 15 is 0 Å². The molecule has 6 heteroatoms. The van der Waals surface area contributed by atoms with E-state index in [2.05, 4.69) is 21.5 Å². The molecule has 0 atom stereocenters. The topological polar surface area (TPSA) is 47.5 Å². The van der Waals surface area contributed by atoms with E-state index in [0.717, 1.165) is 48.3 Å². The summed E-state index contributed by atoms with van der Waals surface area (Å²) in [5.41, 5.74) is 0. The van der Waals surface area contributed by atoms with Gasteiger partial charge in [0.1, 0.15) is 0 Å². The molecule has 1 fully saturated rings. The minimum atomic E-state index is 0. The second kappa shape index (κ2) is 7.36. The number of fused-ring (bicyclic) bond motifs is 1. The number of hydrogen-bond acceptors (Lipinski definition) is 5. The second-order valence-corrected chi connectivity index (χ2v) is 4.82. The molecule has 2 heterocycles. The van der Waals surface area contributed by atoms with Gasteiger partial charge in [-0.25, -0.2) is 0 Å². The van der Waals surface area contributed by atoms with Crippen molar-refractivity contribution in [1.82, 2.24) is 10.2 Å². The normalized spacial score (nSPS) is 14.7. The van der Waals surface area contributed by atoms with Crippen molar-refractivity contribution in [2.45, 2.75) is 12.8 Å². The molecule has 21 heavy (non-hydrogen) atoms. The molecule has 1 aromatic heterocycles. The van der Waals surface area contributed by atoms with Crippen LogP contribution in [0.25, 0.3) is 10.8 Å². The molecule has 0 amide bonds. The number of nitrogens with zero attached hydrogens (tertiary/aromatic N) is 3. The molecule has 1 aromatic carbocycles. The molecule has 1 aliphatic heterocycles. The quantitative estimate of drug-likeness (QED) is 0.786. The van der Waals surface area contributed by atoms with Crippen LogP contribution in [0.2, 0.25) is 0 Å². The van der Waals surface area contributed by atoms with Gasteiger partial charge in [0.15, 0.2) is 17.3 Å². The van der Waals surface area contributed by atoms with Gasteiger partial charge in [0, 0.05) is 43.5 Å². The average Bonchev–Trinajstić information content (AvgIpc) is 2.53. The van der Waals surface area contributed by atoms with Crippen LogP contribution in [0.4, 0.5) is 5.82 Å². The average molecular weight is 361 g/mol. The molecule has 3 rings (SSSR count). The summed E-state index contributed by atoms with van der Waals surface area (Å²) < 4.78 is 10.7. The zero-order chi connectivity index (χ0) is 13.9. The van der Waals surface area contributed by atoms with Gasteiger partial charge in [0.05, 0.1) is 20.4 Å². The maximum atomic E-state index is 5.39. The number of rotatable bonds is 3. The molecule has 0 N–H and O–H groups in total. The van der Waals surface area contributed by atoms with Gasteiger partial charge in [-0.1, -0.05) is 0 Å². The SMILES string of the molecule is COc1cc2cnnc(N3CC[CH-]CC3)c2cc1OC.[Y]. The van der Waals surface area contributed by atoms with Crippen LogP contribution in [0.5, 0.6) is 11.5 Å². The number of ether oxygens (including phenoxy) is 2. The fourth-order valence-electron chi connectivity index (χ4n) is 2.59. The molecule has 1 saturated heterocycles. The van der Waals surface area contributed by atoms with Crippen molar-refractivity contribution in [3.63, 3.8) is 0 Å². The third-order valence-electron chi connectivity index (χ3n) is 3.65. The largest absolute Gasteiger partial charge is 0.493 e. The molecule has 5 nitrogen and oxygen atoms in total. The summed E-state index contributed by atoms with van der Waals surface area (Å²) in [7, 11) is 3.29. The van der Waals surface area contributed by atoms with Gasteiger partial charge in [0.2, 0.25) is 0 Å². The van der Waals surface area contributed by atoms with Gasteiger partial charge < -0.3 is 20.8 Å². The Kier molecular flexibility index (Phi) is 5.76. The first kappa shape index (κ1) is 16.4. The first-order chi connectivity index (χ1) is 9.83. The maximum absolute atomic E-state index is 5.39. The Balaban J connectivity index is 0.00000161. The molecule has 1 aliphatic rings. The van der Waals surface area contributed by atoms with E-state index in [1.54, 1.807) is 20.4 Å². The van der Waals surface area contributed by atoms with Crippen molar-refractivity contribution in [2.75, 3.05) is 32.2 Å². The van der Waals surface area contributed by atoms with Crippen molar-refractivity contribution in [3.8, 4) is 11.5 Å². The predicted octanol–water partition coefficient (Wildman–Crippen LogP) is 2.45. The van der Waals surface area contributed by atoms with E-state index in [1.165, 1.54) is 0 Å².